The molecule has 31 heavy (non-hydrogen) atoms. The van der Waals surface area contributed by atoms with Gasteiger partial charge >= 0.3 is 11.9 Å². The molecule has 7 heteroatoms. The first-order chi connectivity index (χ1) is 14.7. The molecule has 1 fully saturated rings. The lowest BCUT2D eigenvalue weighted by atomic mass is 9.99. The van der Waals surface area contributed by atoms with Gasteiger partial charge in [-0.3, -0.25) is 4.79 Å². The van der Waals surface area contributed by atoms with E-state index in [1.54, 1.807) is 12.1 Å². The number of hydrogen-bond acceptors (Lipinski definition) is 5. The van der Waals surface area contributed by atoms with Crippen molar-refractivity contribution in [2.75, 3.05) is 33.9 Å². The summed E-state index contributed by atoms with van der Waals surface area (Å²) in [6.07, 6.45) is 2.30. The van der Waals surface area contributed by atoms with Crippen LogP contribution < -0.4 is 4.90 Å². The minimum Gasteiger partial charge on any atom is -0.465 e. The zero-order chi connectivity index (χ0) is 22.7. The molecule has 0 aliphatic carbocycles. The van der Waals surface area contributed by atoms with Gasteiger partial charge in [-0.1, -0.05) is 6.92 Å². The van der Waals surface area contributed by atoms with Gasteiger partial charge in [0.1, 0.15) is 6.54 Å². The van der Waals surface area contributed by atoms with Crippen LogP contribution in [-0.2, 0) is 9.47 Å². The van der Waals surface area contributed by atoms with Crippen LogP contribution in [0.5, 0.6) is 0 Å². The van der Waals surface area contributed by atoms with Crippen molar-refractivity contribution in [1.82, 2.24) is 4.57 Å². The molecule has 0 spiro atoms. The van der Waals surface area contributed by atoms with Gasteiger partial charge in [0, 0.05) is 22.6 Å². The number of ether oxygens (including phenoxy) is 2. The zero-order valence-electron chi connectivity index (χ0n) is 18.9. The van der Waals surface area contributed by atoms with Gasteiger partial charge in [0.05, 0.1) is 38.4 Å². The number of nitrogens with one attached hydrogen (secondary N) is 1. The Bertz CT molecular complexity index is 965. The van der Waals surface area contributed by atoms with Crippen LogP contribution >= 0.6 is 0 Å². The molecule has 1 aromatic carbocycles. The standard InChI is InChI=1S/C24H30N2O5/c1-15-6-8-25(9-7-15)14-22(27)21-10-16(2)26(17(21)3)20-12-18(23(28)30-4)11-19(13-20)24(29)31-5/h10-13,15H,6-9,14H2,1-5H3/p+1. The van der Waals surface area contributed by atoms with E-state index in [1.807, 2.05) is 24.5 Å². The number of piperidine rings is 1. The van der Waals surface area contributed by atoms with Gasteiger partial charge in [0.25, 0.3) is 0 Å². The third-order valence-corrected chi connectivity index (χ3v) is 6.14. The number of aromatic nitrogens is 1. The quantitative estimate of drug-likeness (QED) is 0.565. The second kappa shape index (κ2) is 9.47. The summed E-state index contributed by atoms with van der Waals surface area (Å²) in [6.45, 7) is 8.58. The Kier molecular flexibility index (Phi) is 6.95. The first-order valence-corrected chi connectivity index (χ1v) is 10.6. The summed E-state index contributed by atoms with van der Waals surface area (Å²) < 4.78 is 11.6. The van der Waals surface area contributed by atoms with Gasteiger partial charge in [0.15, 0.2) is 0 Å². The summed E-state index contributed by atoms with van der Waals surface area (Å²) in [6, 6.07) is 6.64. The Labute approximate surface area is 182 Å². The van der Waals surface area contributed by atoms with Crippen molar-refractivity contribution < 1.29 is 28.8 Å². The van der Waals surface area contributed by atoms with Crippen LogP contribution in [0.4, 0.5) is 0 Å². The molecular weight excluding hydrogens is 396 g/mol. The van der Waals surface area contributed by atoms with Crippen LogP contribution in [0.15, 0.2) is 24.3 Å². The fraction of sp³-hybridized carbons (Fsp3) is 0.458. The minimum atomic E-state index is -0.548. The maximum Gasteiger partial charge on any atom is 0.337 e. The molecule has 3 rings (SSSR count). The fourth-order valence-corrected chi connectivity index (χ4v) is 4.32. The lowest BCUT2D eigenvalue weighted by Gasteiger charge is -2.26. The molecule has 1 aromatic heterocycles. The van der Waals surface area contributed by atoms with Crippen molar-refractivity contribution in [2.45, 2.75) is 33.6 Å². The van der Waals surface area contributed by atoms with Crippen LogP contribution in [0.25, 0.3) is 5.69 Å². The van der Waals surface area contributed by atoms with Gasteiger partial charge in [-0.25, -0.2) is 9.59 Å². The highest BCUT2D eigenvalue weighted by Gasteiger charge is 2.25. The van der Waals surface area contributed by atoms with Gasteiger partial charge in [0.2, 0.25) is 5.78 Å². The van der Waals surface area contributed by atoms with E-state index < -0.39 is 11.9 Å². The van der Waals surface area contributed by atoms with Gasteiger partial charge < -0.3 is 18.9 Å². The number of quaternary nitrogens is 1. The largest absolute Gasteiger partial charge is 0.465 e. The molecule has 1 saturated heterocycles. The number of carbonyl (C=O) groups excluding carboxylic acids is 3. The molecule has 166 valence electrons. The van der Waals surface area contributed by atoms with Gasteiger partial charge in [-0.2, -0.15) is 0 Å². The third kappa shape index (κ3) is 4.88. The van der Waals surface area contributed by atoms with E-state index >= 15 is 0 Å². The molecule has 0 radical (unpaired) electrons. The number of Topliss-reactive ketones (excluding diaryl/α,β-unsaturated/α-hetero) is 1. The van der Waals surface area contributed by atoms with E-state index in [0.29, 0.717) is 17.8 Å². The van der Waals surface area contributed by atoms with E-state index in [4.69, 9.17) is 9.47 Å². The predicted octanol–water partition coefficient (Wildman–Crippen LogP) is 2.16. The Morgan fingerprint density at radius 3 is 2.03 bits per heavy atom. The molecule has 2 aromatic rings. The molecule has 7 nitrogen and oxygen atoms in total. The van der Waals surface area contributed by atoms with Crippen molar-refractivity contribution in [3.8, 4) is 5.69 Å². The number of nitrogens with zero attached hydrogens (tertiary/aromatic N) is 1. The number of benzene rings is 1. The summed E-state index contributed by atoms with van der Waals surface area (Å²) in [5.74, 6) is -0.251. The topological polar surface area (TPSA) is 79.0 Å². The predicted molar refractivity (Wildman–Crippen MR) is 116 cm³/mol. The van der Waals surface area contributed by atoms with E-state index in [-0.39, 0.29) is 16.9 Å². The summed E-state index contributed by atoms with van der Waals surface area (Å²) in [5, 5.41) is 0. The maximum absolute atomic E-state index is 13.1. The number of hydrogen-bond donors (Lipinski definition) is 1. The molecule has 1 aliphatic rings. The average Bonchev–Trinajstić information content (AvgIpc) is 3.07. The van der Waals surface area contributed by atoms with Crippen molar-refractivity contribution in [2.24, 2.45) is 5.92 Å². The molecular formula is C24H31N2O5+. The molecule has 0 unspecified atom stereocenters. The lowest BCUT2D eigenvalue weighted by molar-refractivity contribution is -0.897. The second-order valence-corrected chi connectivity index (χ2v) is 8.40. The normalized spacial score (nSPS) is 18.5. The Hall–Kier alpha value is -2.93. The van der Waals surface area contributed by atoms with Crippen LogP contribution in [0.3, 0.4) is 0 Å². The molecule has 0 atom stereocenters. The number of rotatable bonds is 6. The number of methoxy groups -OCH3 is 2. The number of likely N-dealkylation sites (tertiary alicyclic amines) is 1. The molecule has 0 saturated carbocycles. The monoisotopic (exact) mass is 427 g/mol. The minimum absolute atomic E-state index is 0.112. The first kappa shape index (κ1) is 22.7. The number of aryl methyl sites for hydroxylation is 1. The Morgan fingerprint density at radius 1 is 0.968 bits per heavy atom. The number of ketones is 1. The first-order valence-electron chi connectivity index (χ1n) is 10.6. The van der Waals surface area contributed by atoms with Crippen molar-refractivity contribution in [1.29, 1.82) is 0 Å². The maximum atomic E-state index is 13.1. The molecule has 0 bridgehead atoms. The van der Waals surface area contributed by atoms with Crippen LogP contribution in [0, 0.1) is 19.8 Å². The fourth-order valence-electron chi connectivity index (χ4n) is 4.32. The number of esters is 2. The van der Waals surface area contributed by atoms with Crippen molar-refractivity contribution in [3.05, 3.63) is 52.3 Å². The summed E-state index contributed by atoms with van der Waals surface area (Å²) >= 11 is 0. The van der Waals surface area contributed by atoms with Crippen molar-refractivity contribution >= 4 is 17.7 Å². The highest BCUT2D eigenvalue weighted by Crippen LogP contribution is 2.24. The average molecular weight is 428 g/mol. The van der Waals surface area contributed by atoms with Crippen molar-refractivity contribution in [3.63, 3.8) is 0 Å². The van der Waals surface area contributed by atoms with Crippen LogP contribution in [0.1, 0.15) is 62.2 Å². The summed E-state index contributed by atoms with van der Waals surface area (Å²) in [5.41, 5.74) is 3.40. The summed E-state index contributed by atoms with van der Waals surface area (Å²) in [7, 11) is 2.58. The molecule has 0 amide bonds. The smallest absolute Gasteiger partial charge is 0.337 e. The highest BCUT2D eigenvalue weighted by atomic mass is 16.5. The van der Waals surface area contributed by atoms with Gasteiger partial charge in [-0.15, -0.1) is 0 Å². The molecule has 1 N–H and O–H groups in total. The molecule has 2 heterocycles. The van der Waals surface area contributed by atoms with Crippen LogP contribution in [-0.4, -0.2) is 56.1 Å². The van der Waals surface area contributed by atoms with Gasteiger partial charge in [-0.05, 0) is 56.9 Å². The molecule has 1 aliphatic heterocycles. The SMILES string of the molecule is COC(=O)c1cc(C(=O)OC)cc(-n2c(C)cc(C(=O)C[NH+]3CCC(C)CC3)c2C)c1. The summed E-state index contributed by atoms with van der Waals surface area (Å²) in [4.78, 5) is 38.7. The highest BCUT2D eigenvalue weighted by molar-refractivity contribution is 5.99. The Balaban J connectivity index is 1.96. The second-order valence-electron chi connectivity index (χ2n) is 8.40. The van der Waals surface area contributed by atoms with E-state index in [9.17, 15) is 14.4 Å². The zero-order valence-corrected chi connectivity index (χ0v) is 18.9. The lowest BCUT2D eigenvalue weighted by Crippen LogP contribution is -3.13. The Morgan fingerprint density at radius 2 is 1.52 bits per heavy atom. The third-order valence-electron chi connectivity index (χ3n) is 6.14. The van der Waals surface area contributed by atoms with Crippen LogP contribution in [0.2, 0.25) is 0 Å². The van der Waals surface area contributed by atoms with E-state index in [1.165, 1.54) is 25.2 Å². The van der Waals surface area contributed by atoms with E-state index in [2.05, 4.69) is 6.92 Å². The number of carbonyl (C=O) groups is 3. The van der Waals surface area contributed by atoms with E-state index in [0.717, 1.165) is 43.2 Å².